The number of imidazole rings is 1. The van der Waals surface area contributed by atoms with E-state index in [1.165, 1.54) is 4.57 Å². The lowest BCUT2D eigenvalue weighted by Crippen LogP contribution is -2.24. The normalized spacial score (nSPS) is 12.3. The van der Waals surface area contributed by atoms with Crippen LogP contribution in [0, 0.1) is 6.92 Å². The summed E-state index contributed by atoms with van der Waals surface area (Å²) in [6.07, 6.45) is 2.08. The molecule has 0 aliphatic rings. The molecule has 2 rings (SSSR count). The summed E-state index contributed by atoms with van der Waals surface area (Å²) in [6, 6.07) is 6.90. The van der Waals surface area contributed by atoms with Gasteiger partial charge in [0, 0.05) is 31.4 Å². The van der Waals surface area contributed by atoms with Crippen LogP contribution in [0.25, 0.3) is 5.69 Å². The summed E-state index contributed by atoms with van der Waals surface area (Å²) in [5.41, 5.74) is 8.24. The number of aryl methyl sites for hydroxylation is 2. The number of hydrogen-bond acceptors (Lipinski definition) is 3. The maximum Gasteiger partial charge on any atom is 0.332 e. The van der Waals surface area contributed by atoms with Gasteiger partial charge in [0.1, 0.15) is 0 Å². The Morgan fingerprint density at radius 1 is 1.38 bits per heavy atom. The van der Waals surface area contributed by atoms with E-state index < -0.39 is 12.0 Å². The molecule has 0 spiro atoms. The molecule has 1 aromatic heterocycles. The van der Waals surface area contributed by atoms with Crippen molar-refractivity contribution < 1.29 is 9.90 Å². The minimum atomic E-state index is -0.879. The molecule has 0 saturated carbocycles. The van der Waals surface area contributed by atoms with Crippen molar-refractivity contribution in [3.63, 3.8) is 0 Å². The quantitative estimate of drug-likeness (QED) is 0.869. The summed E-state index contributed by atoms with van der Waals surface area (Å²) in [5.74, 6) is -0.879. The third-order valence-electron chi connectivity index (χ3n) is 3.47. The highest BCUT2D eigenvalue weighted by Gasteiger charge is 2.16. The van der Waals surface area contributed by atoms with Crippen LogP contribution >= 0.6 is 0 Å². The van der Waals surface area contributed by atoms with E-state index in [1.807, 2.05) is 31.2 Å². The van der Waals surface area contributed by atoms with Crippen molar-refractivity contribution in [2.45, 2.75) is 25.8 Å². The van der Waals surface area contributed by atoms with Crippen LogP contribution in [0.4, 0.5) is 0 Å². The molecule has 0 fully saturated rings. The van der Waals surface area contributed by atoms with E-state index in [4.69, 9.17) is 10.8 Å². The number of rotatable bonds is 5. The van der Waals surface area contributed by atoms with Gasteiger partial charge in [0.2, 0.25) is 0 Å². The van der Waals surface area contributed by atoms with Gasteiger partial charge in [-0.15, -0.1) is 0 Å². The molecular weight excluding hydrogens is 270 g/mol. The Labute approximate surface area is 122 Å². The molecule has 0 amide bonds. The van der Waals surface area contributed by atoms with Crippen molar-refractivity contribution in [3.8, 4) is 5.69 Å². The van der Waals surface area contributed by atoms with Crippen molar-refractivity contribution in [1.29, 1.82) is 0 Å². The zero-order chi connectivity index (χ0) is 15.6. The van der Waals surface area contributed by atoms with Crippen LogP contribution in [-0.4, -0.2) is 20.2 Å². The van der Waals surface area contributed by atoms with Crippen LogP contribution < -0.4 is 11.4 Å². The van der Waals surface area contributed by atoms with Crippen LogP contribution in [0.5, 0.6) is 0 Å². The number of benzene rings is 1. The maximum atomic E-state index is 12.2. The van der Waals surface area contributed by atoms with Gasteiger partial charge in [-0.2, -0.15) is 0 Å². The van der Waals surface area contributed by atoms with Gasteiger partial charge in [0.05, 0.1) is 5.69 Å². The first-order chi connectivity index (χ1) is 9.91. The molecule has 1 unspecified atom stereocenters. The molecule has 0 aliphatic heterocycles. The fraction of sp³-hybridized carbons (Fsp3) is 0.333. The fourth-order valence-electron chi connectivity index (χ4n) is 2.43. The molecular formula is C15H19N3O3. The van der Waals surface area contributed by atoms with Gasteiger partial charge in [-0.05, 0) is 25.0 Å². The second-order valence-electron chi connectivity index (χ2n) is 5.10. The lowest BCUT2D eigenvalue weighted by atomic mass is 10.0. The summed E-state index contributed by atoms with van der Waals surface area (Å²) >= 11 is 0. The molecule has 0 bridgehead atoms. The zero-order valence-corrected chi connectivity index (χ0v) is 12.1. The topological polar surface area (TPSA) is 90.3 Å². The van der Waals surface area contributed by atoms with Gasteiger partial charge in [0.25, 0.3) is 0 Å². The zero-order valence-electron chi connectivity index (χ0n) is 12.1. The van der Waals surface area contributed by atoms with Crippen LogP contribution in [0.3, 0.4) is 0 Å². The van der Waals surface area contributed by atoms with Gasteiger partial charge in [-0.1, -0.05) is 18.2 Å². The van der Waals surface area contributed by atoms with Gasteiger partial charge in [-0.3, -0.25) is 9.36 Å². The van der Waals surface area contributed by atoms with E-state index in [0.29, 0.717) is 12.1 Å². The Morgan fingerprint density at radius 2 is 2.05 bits per heavy atom. The summed E-state index contributed by atoms with van der Waals surface area (Å²) in [6.45, 7) is 1.85. The van der Waals surface area contributed by atoms with Crippen molar-refractivity contribution in [3.05, 3.63) is 52.2 Å². The SMILES string of the molecule is Cc1cn(C)c(=O)n1-c1ccccc1C(N)CCC(=O)O. The molecule has 0 radical (unpaired) electrons. The Balaban J connectivity index is 2.46. The third-order valence-corrected chi connectivity index (χ3v) is 3.47. The number of hydrogen-bond donors (Lipinski definition) is 2. The molecule has 2 aromatic rings. The van der Waals surface area contributed by atoms with Gasteiger partial charge in [-0.25, -0.2) is 4.79 Å². The second-order valence-corrected chi connectivity index (χ2v) is 5.10. The Bertz CT molecular complexity index is 715. The van der Waals surface area contributed by atoms with Crippen LogP contribution in [0.15, 0.2) is 35.3 Å². The lowest BCUT2D eigenvalue weighted by molar-refractivity contribution is -0.137. The molecule has 0 aliphatic carbocycles. The highest BCUT2D eigenvalue weighted by molar-refractivity contribution is 5.66. The van der Waals surface area contributed by atoms with Crippen LogP contribution in [0.1, 0.15) is 30.1 Å². The largest absolute Gasteiger partial charge is 0.481 e. The monoisotopic (exact) mass is 289 g/mol. The predicted octanol–water partition coefficient (Wildman–Crippen LogP) is 1.35. The molecule has 6 heteroatoms. The predicted molar refractivity (Wildman–Crippen MR) is 79.5 cm³/mol. The molecule has 1 heterocycles. The molecule has 3 N–H and O–H groups in total. The molecule has 1 atom stereocenters. The molecule has 6 nitrogen and oxygen atoms in total. The Hall–Kier alpha value is -2.34. The summed E-state index contributed by atoms with van der Waals surface area (Å²) in [4.78, 5) is 22.9. The second kappa shape index (κ2) is 5.97. The summed E-state index contributed by atoms with van der Waals surface area (Å²) < 4.78 is 3.10. The first-order valence-electron chi connectivity index (χ1n) is 6.73. The number of aliphatic carboxylic acids is 1. The summed E-state index contributed by atoms with van der Waals surface area (Å²) in [5, 5.41) is 8.77. The van der Waals surface area contributed by atoms with Crippen molar-refractivity contribution in [1.82, 2.24) is 9.13 Å². The van der Waals surface area contributed by atoms with Crippen LogP contribution in [-0.2, 0) is 11.8 Å². The first-order valence-corrected chi connectivity index (χ1v) is 6.73. The van der Waals surface area contributed by atoms with E-state index >= 15 is 0 Å². The lowest BCUT2D eigenvalue weighted by Gasteiger charge is -2.16. The van der Waals surface area contributed by atoms with E-state index in [-0.39, 0.29) is 12.1 Å². The maximum absolute atomic E-state index is 12.2. The number of carboxylic acids is 1. The minimum absolute atomic E-state index is 0.00181. The molecule has 0 saturated heterocycles. The minimum Gasteiger partial charge on any atom is -0.481 e. The first kappa shape index (κ1) is 15.1. The molecule has 21 heavy (non-hydrogen) atoms. The number of aromatic nitrogens is 2. The smallest absolute Gasteiger partial charge is 0.332 e. The van der Waals surface area contributed by atoms with E-state index in [0.717, 1.165) is 11.3 Å². The van der Waals surface area contributed by atoms with Gasteiger partial charge in [0.15, 0.2) is 0 Å². The number of nitrogens with zero attached hydrogens (tertiary/aromatic N) is 2. The molecule has 112 valence electrons. The number of nitrogens with two attached hydrogens (primary N) is 1. The van der Waals surface area contributed by atoms with Crippen molar-refractivity contribution in [2.24, 2.45) is 12.8 Å². The highest BCUT2D eigenvalue weighted by Crippen LogP contribution is 2.23. The number of para-hydroxylation sites is 1. The average molecular weight is 289 g/mol. The summed E-state index contributed by atoms with van der Waals surface area (Å²) in [7, 11) is 1.69. The number of carbonyl (C=O) groups is 1. The van der Waals surface area contributed by atoms with Gasteiger partial charge < -0.3 is 15.4 Å². The van der Waals surface area contributed by atoms with Gasteiger partial charge >= 0.3 is 11.7 Å². The number of carboxylic acid groups (broad SMARTS) is 1. The highest BCUT2D eigenvalue weighted by atomic mass is 16.4. The van der Waals surface area contributed by atoms with Crippen molar-refractivity contribution in [2.75, 3.05) is 0 Å². The van der Waals surface area contributed by atoms with E-state index in [9.17, 15) is 9.59 Å². The average Bonchev–Trinajstić information content (AvgIpc) is 2.69. The van der Waals surface area contributed by atoms with Crippen LogP contribution in [0.2, 0.25) is 0 Å². The Kier molecular flexibility index (Phi) is 4.28. The van der Waals surface area contributed by atoms with E-state index in [1.54, 1.807) is 17.8 Å². The standard InChI is InChI=1S/C15H19N3O3/c1-10-9-17(2)15(21)18(10)13-6-4-3-5-11(13)12(16)7-8-14(19)20/h3-6,9,12H,7-8,16H2,1-2H3,(H,19,20). The Morgan fingerprint density at radius 3 is 2.62 bits per heavy atom. The molecule has 1 aromatic carbocycles. The van der Waals surface area contributed by atoms with Crippen molar-refractivity contribution >= 4 is 5.97 Å². The fourth-order valence-corrected chi connectivity index (χ4v) is 2.43. The third kappa shape index (κ3) is 3.05. The van der Waals surface area contributed by atoms with E-state index in [2.05, 4.69) is 0 Å².